The van der Waals surface area contributed by atoms with Crippen LogP contribution in [0.5, 0.6) is 0 Å². The van der Waals surface area contributed by atoms with Crippen molar-refractivity contribution in [3.63, 3.8) is 0 Å². The van der Waals surface area contributed by atoms with Crippen molar-refractivity contribution in [2.75, 3.05) is 0 Å². The van der Waals surface area contributed by atoms with E-state index in [-0.39, 0.29) is 0 Å². The second-order valence-corrected chi connectivity index (χ2v) is 3.71. The molecule has 4 heteroatoms. The quantitative estimate of drug-likeness (QED) is 0.652. The number of rotatable bonds is 0. The summed E-state index contributed by atoms with van der Waals surface area (Å²) in [4.78, 5) is 3.86. The lowest BCUT2D eigenvalue weighted by Gasteiger charge is -1.93. The molecule has 84 valence electrons. The van der Waals surface area contributed by atoms with Gasteiger partial charge in [-0.3, -0.25) is 4.98 Å². The lowest BCUT2D eigenvalue weighted by Crippen LogP contribution is -1.85. The maximum Gasteiger partial charge on any atom is 0.160 e. The zero-order valence-electron chi connectivity index (χ0n) is 8.55. The van der Waals surface area contributed by atoms with E-state index in [9.17, 15) is 8.78 Å². The zero-order valence-corrected chi connectivity index (χ0v) is 9.30. The van der Waals surface area contributed by atoms with Gasteiger partial charge in [-0.2, -0.15) is 0 Å². The van der Waals surface area contributed by atoms with E-state index < -0.39 is 11.6 Å². The predicted molar refractivity (Wildman–Crippen MR) is 61.6 cm³/mol. The fourth-order valence-corrected chi connectivity index (χ4v) is 1.37. The molecule has 0 aliphatic carbocycles. The monoisotopic (exact) mass is 249 g/mol. The van der Waals surface area contributed by atoms with Crippen molar-refractivity contribution in [1.82, 2.24) is 4.98 Å². The highest BCUT2D eigenvalue weighted by Crippen LogP contribution is 2.09. The second-order valence-electron chi connectivity index (χ2n) is 3.27. The Bertz CT molecular complexity index is 614. The molecule has 0 N–H and O–H groups in total. The number of benzene rings is 1. The van der Waals surface area contributed by atoms with Gasteiger partial charge >= 0.3 is 0 Å². The highest BCUT2D eigenvalue weighted by atomic mass is 35.5. The average Bonchev–Trinajstić information content (AvgIpc) is 2.31. The van der Waals surface area contributed by atoms with Gasteiger partial charge in [0, 0.05) is 23.5 Å². The molecule has 0 saturated heterocycles. The largest absolute Gasteiger partial charge is 0.262 e. The Hall–Kier alpha value is -1.92. The van der Waals surface area contributed by atoms with Crippen LogP contribution in [0.25, 0.3) is 0 Å². The smallest absolute Gasteiger partial charge is 0.160 e. The van der Waals surface area contributed by atoms with Crippen molar-refractivity contribution in [3.05, 3.63) is 64.4 Å². The first kappa shape index (κ1) is 11.6. The first-order valence-corrected chi connectivity index (χ1v) is 5.10. The van der Waals surface area contributed by atoms with Gasteiger partial charge in [0.2, 0.25) is 0 Å². The predicted octanol–water partition coefficient (Wildman–Crippen LogP) is 3.41. The fraction of sp³-hybridized carbons (Fsp3) is 0. The van der Waals surface area contributed by atoms with E-state index in [1.807, 2.05) is 0 Å². The van der Waals surface area contributed by atoms with Crippen LogP contribution in [0.15, 0.2) is 36.7 Å². The molecule has 1 aromatic heterocycles. The van der Waals surface area contributed by atoms with Crippen LogP contribution in [0.4, 0.5) is 8.78 Å². The Labute approximate surface area is 102 Å². The molecular weight excluding hydrogens is 244 g/mol. The van der Waals surface area contributed by atoms with Crippen LogP contribution in [0.1, 0.15) is 11.1 Å². The van der Waals surface area contributed by atoms with E-state index in [2.05, 4.69) is 16.8 Å². The van der Waals surface area contributed by atoms with Gasteiger partial charge in [-0.15, -0.1) is 0 Å². The number of hydrogen-bond acceptors (Lipinski definition) is 1. The molecule has 0 amide bonds. The van der Waals surface area contributed by atoms with Crippen LogP contribution >= 0.6 is 11.6 Å². The van der Waals surface area contributed by atoms with Gasteiger partial charge in [-0.05, 0) is 24.3 Å². The van der Waals surface area contributed by atoms with Gasteiger partial charge in [-0.25, -0.2) is 8.78 Å². The Balaban J connectivity index is 2.30. The highest BCUT2D eigenvalue weighted by Gasteiger charge is 2.00. The van der Waals surface area contributed by atoms with Gasteiger partial charge in [-0.1, -0.05) is 23.4 Å². The first-order valence-electron chi connectivity index (χ1n) is 4.73. The lowest BCUT2D eigenvalue weighted by atomic mass is 10.2. The molecule has 0 atom stereocenters. The molecule has 1 heterocycles. The minimum absolute atomic E-state index is 0.392. The standard InChI is InChI=1S/C13H6ClF2N/c14-11-5-10(7-17-8-11)2-1-9-3-4-12(15)13(16)6-9/h3-8H. The third kappa shape index (κ3) is 3.02. The summed E-state index contributed by atoms with van der Waals surface area (Å²) in [5.74, 6) is 3.66. The summed E-state index contributed by atoms with van der Waals surface area (Å²) in [6, 6.07) is 5.13. The van der Waals surface area contributed by atoms with E-state index in [4.69, 9.17) is 11.6 Å². The number of halogens is 3. The molecular formula is C13H6ClF2N. The maximum atomic E-state index is 12.9. The third-order valence-corrected chi connectivity index (χ3v) is 2.18. The van der Waals surface area contributed by atoms with Crippen molar-refractivity contribution in [2.45, 2.75) is 0 Å². The number of hydrogen-bond donors (Lipinski definition) is 0. The van der Waals surface area contributed by atoms with E-state index in [0.29, 0.717) is 16.1 Å². The van der Waals surface area contributed by atoms with Crippen molar-refractivity contribution < 1.29 is 8.78 Å². The van der Waals surface area contributed by atoms with Gasteiger partial charge in [0.1, 0.15) is 0 Å². The van der Waals surface area contributed by atoms with Gasteiger partial charge in [0.25, 0.3) is 0 Å². The summed E-state index contributed by atoms with van der Waals surface area (Å²) in [6.07, 6.45) is 3.03. The Morgan fingerprint density at radius 1 is 0.941 bits per heavy atom. The highest BCUT2D eigenvalue weighted by molar-refractivity contribution is 6.30. The minimum Gasteiger partial charge on any atom is -0.262 e. The maximum absolute atomic E-state index is 12.9. The molecule has 2 aromatic rings. The number of nitrogens with zero attached hydrogens (tertiary/aromatic N) is 1. The molecule has 17 heavy (non-hydrogen) atoms. The van der Waals surface area contributed by atoms with Crippen LogP contribution in [-0.4, -0.2) is 4.98 Å². The van der Waals surface area contributed by atoms with Gasteiger partial charge in [0.15, 0.2) is 11.6 Å². The topological polar surface area (TPSA) is 12.9 Å². The fourth-order valence-electron chi connectivity index (χ4n) is 1.20. The van der Waals surface area contributed by atoms with Crippen LogP contribution in [0, 0.1) is 23.5 Å². The Morgan fingerprint density at radius 2 is 1.71 bits per heavy atom. The third-order valence-electron chi connectivity index (χ3n) is 1.98. The SMILES string of the molecule is Fc1ccc(C#Cc2cncc(Cl)c2)cc1F. The molecule has 0 spiro atoms. The lowest BCUT2D eigenvalue weighted by molar-refractivity contribution is 0.508. The van der Waals surface area contributed by atoms with E-state index in [0.717, 1.165) is 12.1 Å². The first-order chi connectivity index (χ1) is 8.15. The summed E-state index contributed by atoms with van der Waals surface area (Å²) in [5.41, 5.74) is 1.01. The van der Waals surface area contributed by atoms with Gasteiger partial charge < -0.3 is 0 Å². The van der Waals surface area contributed by atoms with Crippen LogP contribution in [0.3, 0.4) is 0 Å². The van der Waals surface area contributed by atoms with Crippen molar-refractivity contribution in [2.24, 2.45) is 0 Å². The molecule has 0 radical (unpaired) electrons. The van der Waals surface area contributed by atoms with Crippen molar-refractivity contribution in [3.8, 4) is 11.8 Å². The molecule has 0 fully saturated rings. The molecule has 1 aromatic carbocycles. The summed E-state index contributed by atoms with van der Waals surface area (Å²) < 4.78 is 25.6. The number of pyridine rings is 1. The van der Waals surface area contributed by atoms with Crippen molar-refractivity contribution >= 4 is 11.6 Å². The normalized spacial score (nSPS) is 9.59. The molecule has 2 rings (SSSR count). The molecule has 0 bridgehead atoms. The second kappa shape index (κ2) is 4.94. The zero-order chi connectivity index (χ0) is 12.3. The summed E-state index contributed by atoms with van der Waals surface area (Å²) in [6.45, 7) is 0. The van der Waals surface area contributed by atoms with Gasteiger partial charge in [0.05, 0.1) is 5.02 Å². The van der Waals surface area contributed by atoms with Crippen LogP contribution < -0.4 is 0 Å². The summed E-state index contributed by atoms with van der Waals surface area (Å²) >= 11 is 5.73. The summed E-state index contributed by atoms with van der Waals surface area (Å²) in [5, 5.41) is 0.474. The molecule has 0 saturated carbocycles. The Kier molecular flexibility index (Phi) is 3.36. The molecule has 0 unspecified atom stereocenters. The minimum atomic E-state index is -0.916. The van der Waals surface area contributed by atoms with Crippen LogP contribution in [-0.2, 0) is 0 Å². The van der Waals surface area contributed by atoms with E-state index in [1.165, 1.54) is 12.3 Å². The molecule has 0 aliphatic heterocycles. The summed E-state index contributed by atoms with van der Waals surface area (Å²) in [7, 11) is 0. The van der Waals surface area contributed by atoms with E-state index >= 15 is 0 Å². The molecule has 0 aliphatic rings. The van der Waals surface area contributed by atoms with Crippen molar-refractivity contribution in [1.29, 1.82) is 0 Å². The van der Waals surface area contributed by atoms with E-state index in [1.54, 1.807) is 12.3 Å². The Morgan fingerprint density at radius 3 is 2.41 bits per heavy atom. The average molecular weight is 250 g/mol. The van der Waals surface area contributed by atoms with Crippen LogP contribution in [0.2, 0.25) is 5.02 Å². The number of aromatic nitrogens is 1. The molecule has 1 nitrogen and oxygen atoms in total.